The Bertz CT molecular complexity index is 432. The Morgan fingerprint density at radius 3 is 2.84 bits per heavy atom. The van der Waals surface area contributed by atoms with Gasteiger partial charge in [0.15, 0.2) is 0 Å². The van der Waals surface area contributed by atoms with Gasteiger partial charge in [-0.15, -0.1) is 12.4 Å². The van der Waals surface area contributed by atoms with Crippen LogP contribution in [0.1, 0.15) is 22.8 Å². The van der Waals surface area contributed by atoms with Crippen LogP contribution in [-0.2, 0) is 11.2 Å². The summed E-state index contributed by atoms with van der Waals surface area (Å²) in [6, 6.07) is 6.50. The fourth-order valence-corrected chi connectivity index (χ4v) is 2.26. The third-order valence-electron chi connectivity index (χ3n) is 3.12. The van der Waals surface area contributed by atoms with Crippen LogP contribution in [0.25, 0.3) is 6.08 Å². The molecule has 0 fully saturated rings. The van der Waals surface area contributed by atoms with Gasteiger partial charge in [-0.25, -0.2) is 0 Å². The maximum atomic E-state index is 8.90. The van der Waals surface area contributed by atoms with Crippen molar-refractivity contribution in [2.75, 3.05) is 33.9 Å². The van der Waals surface area contributed by atoms with Crippen LogP contribution >= 0.6 is 12.4 Å². The van der Waals surface area contributed by atoms with Gasteiger partial charge in [-0.2, -0.15) is 0 Å². The molecule has 1 aliphatic carbocycles. The Hall–Kier alpha value is -0.870. The van der Waals surface area contributed by atoms with Gasteiger partial charge in [-0.1, -0.05) is 30.4 Å². The third-order valence-corrected chi connectivity index (χ3v) is 3.12. The highest BCUT2D eigenvalue weighted by atomic mass is 35.5. The SMILES string of the molecule is CN(C)CC(OCCO)c1ccc2c(c1)CC=C2.Cl. The van der Waals surface area contributed by atoms with E-state index in [2.05, 4.69) is 35.3 Å². The molecule has 2 rings (SSSR count). The molecule has 3 nitrogen and oxygen atoms in total. The number of likely N-dealkylation sites (N-methyl/N-ethyl adjacent to an activating group) is 1. The quantitative estimate of drug-likeness (QED) is 0.869. The number of aliphatic hydroxyl groups is 1. The molecule has 1 aromatic rings. The van der Waals surface area contributed by atoms with Crippen molar-refractivity contribution in [3.05, 3.63) is 41.0 Å². The van der Waals surface area contributed by atoms with Crippen LogP contribution in [0.3, 0.4) is 0 Å². The molecule has 0 heterocycles. The molecule has 106 valence electrons. The van der Waals surface area contributed by atoms with Crippen LogP contribution in [0.4, 0.5) is 0 Å². The number of hydrogen-bond acceptors (Lipinski definition) is 3. The minimum atomic E-state index is 0. The molecule has 0 aromatic heterocycles. The predicted molar refractivity (Wildman–Crippen MR) is 80.8 cm³/mol. The average Bonchev–Trinajstić information content (AvgIpc) is 2.81. The van der Waals surface area contributed by atoms with Crippen LogP contribution in [0.2, 0.25) is 0 Å². The molecule has 4 heteroatoms. The second-order valence-electron chi connectivity index (χ2n) is 4.91. The molecule has 0 radical (unpaired) electrons. The van der Waals surface area contributed by atoms with Gasteiger partial charge < -0.3 is 14.7 Å². The zero-order chi connectivity index (χ0) is 13.0. The monoisotopic (exact) mass is 283 g/mol. The molecule has 1 unspecified atom stereocenters. The number of allylic oxidation sites excluding steroid dienone is 1. The molecule has 1 aliphatic rings. The maximum absolute atomic E-state index is 8.90. The zero-order valence-corrected chi connectivity index (χ0v) is 12.3. The molecule has 0 bridgehead atoms. The summed E-state index contributed by atoms with van der Waals surface area (Å²) in [7, 11) is 4.06. The summed E-state index contributed by atoms with van der Waals surface area (Å²) >= 11 is 0. The number of benzene rings is 1. The lowest BCUT2D eigenvalue weighted by Crippen LogP contribution is -2.23. The predicted octanol–water partition coefficient (Wildman–Crippen LogP) is 2.29. The number of ether oxygens (including phenoxy) is 1. The summed E-state index contributed by atoms with van der Waals surface area (Å²) in [5.41, 5.74) is 3.87. The van der Waals surface area contributed by atoms with E-state index in [1.807, 2.05) is 14.1 Å². The lowest BCUT2D eigenvalue weighted by Gasteiger charge is -2.22. The van der Waals surface area contributed by atoms with E-state index < -0.39 is 0 Å². The number of rotatable bonds is 6. The Morgan fingerprint density at radius 2 is 2.16 bits per heavy atom. The van der Waals surface area contributed by atoms with E-state index in [0.717, 1.165) is 13.0 Å². The van der Waals surface area contributed by atoms with Crippen LogP contribution in [0.15, 0.2) is 24.3 Å². The van der Waals surface area contributed by atoms with Crippen molar-refractivity contribution in [2.45, 2.75) is 12.5 Å². The number of aliphatic hydroxyl groups excluding tert-OH is 1. The molecule has 1 atom stereocenters. The van der Waals surface area contributed by atoms with Crippen molar-refractivity contribution in [1.29, 1.82) is 0 Å². The molecule has 0 spiro atoms. The van der Waals surface area contributed by atoms with Crippen LogP contribution in [0, 0.1) is 0 Å². The minimum Gasteiger partial charge on any atom is -0.394 e. The first-order valence-corrected chi connectivity index (χ1v) is 6.37. The first kappa shape index (κ1) is 16.2. The highest BCUT2D eigenvalue weighted by Crippen LogP contribution is 2.25. The summed E-state index contributed by atoms with van der Waals surface area (Å²) in [5.74, 6) is 0. The molecule has 0 aliphatic heterocycles. The van der Waals surface area contributed by atoms with E-state index in [-0.39, 0.29) is 25.1 Å². The second-order valence-corrected chi connectivity index (χ2v) is 4.91. The molecule has 19 heavy (non-hydrogen) atoms. The highest BCUT2D eigenvalue weighted by Gasteiger charge is 2.15. The van der Waals surface area contributed by atoms with Gasteiger partial charge in [0, 0.05) is 6.54 Å². The molecule has 1 N–H and O–H groups in total. The summed E-state index contributed by atoms with van der Waals surface area (Å²) in [5, 5.41) is 8.90. The van der Waals surface area contributed by atoms with Crippen molar-refractivity contribution in [3.8, 4) is 0 Å². The number of fused-ring (bicyclic) bond motifs is 1. The molecular weight excluding hydrogens is 262 g/mol. The number of nitrogens with zero attached hydrogens (tertiary/aromatic N) is 1. The van der Waals surface area contributed by atoms with Crippen LogP contribution in [-0.4, -0.2) is 43.9 Å². The van der Waals surface area contributed by atoms with E-state index in [1.54, 1.807) is 0 Å². The van der Waals surface area contributed by atoms with Gasteiger partial charge in [0.1, 0.15) is 0 Å². The third kappa shape index (κ3) is 4.32. The van der Waals surface area contributed by atoms with Gasteiger partial charge in [0.05, 0.1) is 19.3 Å². The Morgan fingerprint density at radius 1 is 1.37 bits per heavy atom. The van der Waals surface area contributed by atoms with Crippen molar-refractivity contribution in [3.63, 3.8) is 0 Å². The Labute approximate surface area is 121 Å². The zero-order valence-electron chi connectivity index (χ0n) is 11.5. The fourth-order valence-electron chi connectivity index (χ4n) is 2.26. The lowest BCUT2D eigenvalue weighted by molar-refractivity contribution is 0.0141. The van der Waals surface area contributed by atoms with E-state index in [1.165, 1.54) is 16.7 Å². The van der Waals surface area contributed by atoms with Gasteiger partial charge in [-0.05, 0) is 37.2 Å². The van der Waals surface area contributed by atoms with Gasteiger partial charge >= 0.3 is 0 Å². The molecule has 0 saturated heterocycles. The second kappa shape index (κ2) is 7.65. The fraction of sp³-hybridized carbons (Fsp3) is 0.467. The molecule has 0 amide bonds. The summed E-state index contributed by atoms with van der Waals surface area (Å²) < 4.78 is 5.74. The van der Waals surface area contributed by atoms with Crippen LogP contribution < -0.4 is 0 Å². The van der Waals surface area contributed by atoms with E-state index in [4.69, 9.17) is 9.84 Å². The summed E-state index contributed by atoms with van der Waals surface area (Å²) in [4.78, 5) is 2.10. The normalized spacial score (nSPS) is 14.3. The molecule has 0 saturated carbocycles. The van der Waals surface area contributed by atoms with Crippen molar-refractivity contribution in [1.82, 2.24) is 4.90 Å². The number of halogens is 1. The van der Waals surface area contributed by atoms with Gasteiger partial charge in [-0.3, -0.25) is 0 Å². The number of hydrogen-bond donors (Lipinski definition) is 1. The smallest absolute Gasteiger partial charge is 0.0952 e. The molecule has 1 aromatic carbocycles. The summed E-state index contributed by atoms with van der Waals surface area (Å²) in [6.45, 7) is 1.27. The Balaban J connectivity index is 0.00000180. The van der Waals surface area contributed by atoms with Gasteiger partial charge in [0.2, 0.25) is 0 Å². The standard InChI is InChI=1S/C15H21NO2.ClH/c1-16(2)11-15(18-9-8-17)14-7-6-12-4-3-5-13(12)10-14;/h3-4,6-7,10,15,17H,5,8-9,11H2,1-2H3;1H. The summed E-state index contributed by atoms with van der Waals surface area (Å²) in [6.07, 6.45) is 5.38. The van der Waals surface area contributed by atoms with Crippen LogP contribution in [0.5, 0.6) is 0 Å². The van der Waals surface area contributed by atoms with Crippen molar-refractivity contribution in [2.24, 2.45) is 0 Å². The first-order chi connectivity index (χ1) is 8.70. The first-order valence-electron chi connectivity index (χ1n) is 6.37. The largest absolute Gasteiger partial charge is 0.394 e. The highest BCUT2D eigenvalue weighted by molar-refractivity contribution is 5.85. The van der Waals surface area contributed by atoms with E-state index in [0.29, 0.717) is 6.61 Å². The lowest BCUT2D eigenvalue weighted by atomic mass is 10.0. The van der Waals surface area contributed by atoms with Crippen molar-refractivity contribution >= 4 is 18.5 Å². The van der Waals surface area contributed by atoms with E-state index >= 15 is 0 Å². The Kier molecular flexibility index (Phi) is 6.52. The average molecular weight is 284 g/mol. The molecular formula is C15H22ClNO2. The minimum absolute atomic E-state index is 0. The van der Waals surface area contributed by atoms with Crippen molar-refractivity contribution < 1.29 is 9.84 Å². The maximum Gasteiger partial charge on any atom is 0.0952 e. The topological polar surface area (TPSA) is 32.7 Å². The van der Waals surface area contributed by atoms with E-state index in [9.17, 15) is 0 Å². The van der Waals surface area contributed by atoms with Gasteiger partial charge in [0.25, 0.3) is 0 Å².